The quantitative estimate of drug-likeness (QED) is 0.746. The maximum atomic E-state index is 4.45. The summed E-state index contributed by atoms with van der Waals surface area (Å²) < 4.78 is 0. The Morgan fingerprint density at radius 2 is 2.00 bits per heavy atom. The molecule has 0 saturated carbocycles. The lowest BCUT2D eigenvalue weighted by Crippen LogP contribution is -1.88. The van der Waals surface area contributed by atoms with Gasteiger partial charge in [0.05, 0.1) is 11.4 Å². The van der Waals surface area contributed by atoms with E-state index in [9.17, 15) is 0 Å². The largest absolute Gasteiger partial charge is 0.255 e. The summed E-state index contributed by atoms with van der Waals surface area (Å²) in [7, 11) is 0. The van der Waals surface area contributed by atoms with Crippen molar-refractivity contribution in [2.45, 2.75) is 13.3 Å². The summed E-state index contributed by atoms with van der Waals surface area (Å²) in [6, 6.07) is 9.87. The molecule has 2 aromatic rings. The Morgan fingerprint density at radius 3 is 2.56 bits per heavy atom. The van der Waals surface area contributed by atoms with E-state index in [0.717, 1.165) is 28.9 Å². The van der Waals surface area contributed by atoms with Crippen LogP contribution in [0.2, 0.25) is 0 Å². The van der Waals surface area contributed by atoms with E-state index < -0.39 is 0 Å². The van der Waals surface area contributed by atoms with E-state index in [1.54, 1.807) is 6.20 Å². The highest BCUT2D eigenvalue weighted by molar-refractivity contribution is 5.73. The maximum absolute atomic E-state index is 4.45. The van der Waals surface area contributed by atoms with Crippen molar-refractivity contribution < 1.29 is 0 Å². The first kappa shape index (κ1) is 12.2. The minimum Gasteiger partial charge on any atom is -0.255 e. The smallest absolute Gasteiger partial charge is 0.0886 e. The molecular weight excluding hydrogens is 220 g/mol. The van der Waals surface area contributed by atoms with Crippen LogP contribution in [0, 0.1) is 0 Å². The van der Waals surface area contributed by atoms with Crippen LogP contribution in [-0.4, -0.2) is 9.97 Å². The molecule has 2 aromatic heterocycles. The fraction of sp³-hybridized carbons (Fsp3) is 0.125. The molecule has 2 rings (SSSR count). The van der Waals surface area contributed by atoms with Crippen molar-refractivity contribution in [2.24, 2.45) is 0 Å². The van der Waals surface area contributed by atoms with E-state index in [1.165, 1.54) is 0 Å². The third kappa shape index (κ3) is 2.72. The first-order valence-electron chi connectivity index (χ1n) is 6.05. The summed E-state index contributed by atoms with van der Waals surface area (Å²) in [6.07, 6.45) is 8.64. The average molecular weight is 236 g/mol. The standard InChI is InChI=1S/C16H16N2/c1-3-7-13(4-2)14-9-10-16(18-12-14)15-8-5-6-11-17-15/h4-12H,2-3H2,1H3/b13-7+. The topological polar surface area (TPSA) is 25.8 Å². The van der Waals surface area contributed by atoms with Gasteiger partial charge in [-0.25, -0.2) is 0 Å². The summed E-state index contributed by atoms with van der Waals surface area (Å²) in [4.78, 5) is 8.73. The highest BCUT2D eigenvalue weighted by Gasteiger charge is 2.01. The van der Waals surface area contributed by atoms with E-state index in [0.29, 0.717) is 0 Å². The van der Waals surface area contributed by atoms with Crippen LogP contribution >= 0.6 is 0 Å². The number of allylic oxidation sites excluding steroid dienone is 3. The summed E-state index contributed by atoms with van der Waals surface area (Å²) >= 11 is 0. The van der Waals surface area contributed by atoms with Crippen molar-refractivity contribution in [2.75, 3.05) is 0 Å². The molecule has 0 radical (unpaired) electrons. The monoisotopic (exact) mass is 236 g/mol. The summed E-state index contributed by atoms with van der Waals surface area (Å²) in [6.45, 7) is 5.94. The molecule has 0 saturated heterocycles. The Bertz CT molecular complexity index is 539. The van der Waals surface area contributed by atoms with Gasteiger partial charge in [-0.05, 0) is 35.8 Å². The zero-order valence-corrected chi connectivity index (χ0v) is 10.5. The number of hydrogen-bond donors (Lipinski definition) is 0. The molecule has 0 unspecified atom stereocenters. The SMILES string of the molecule is C=C/C(=C\CC)c1ccc(-c2ccccn2)nc1. The molecule has 2 heterocycles. The summed E-state index contributed by atoms with van der Waals surface area (Å²) in [5.41, 5.74) is 3.99. The number of rotatable bonds is 4. The van der Waals surface area contributed by atoms with Crippen molar-refractivity contribution in [1.29, 1.82) is 0 Å². The highest BCUT2D eigenvalue weighted by Crippen LogP contribution is 2.19. The Hall–Kier alpha value is -2.22. The molecule has 0 fully saturated rings. The van der Waals surface area contributed by atoms with E-state index in [2.05, 4.69) is 35.6 Å². The molecule has 18 heavy (non-hydrogen) atoms. The van der Waals surface area contributed by atoms with E-state index in [-0.39, 0.29) is 0 Å². The second-order valence-electron chi connectivity index (χ2n) is 3.92. The molecule has 0 spiro atoms. The number of hydrogen-bond acceptors (Lipinski definition) is 2. The van der Waals surface area contributed by atoms with Crippen LogP contribution in [0.3, 0.4) is 0 Å². The Balaban J connectivity index is 2.31. The molecule has 0 bridgehead atoms. The van der Waals surface area contributed by atoms with Gasteiger partial charge in [0.2, 0.25) is 0 Å². The molecule has 2 nitrogen and oxygen atoms in total. The van der Waals surface area contributed by atoms with Gasteiger partial charge in [0, 0.05) is 12.4 Å². The predicted molar refractivity (Wildman–Crippen MR) is 75.9 cm³/mol. The minimum atomic E-state index is 0.888. The normalized spacial score (nSPS) is 11.3. The lowest BCUT2D eigenvalue weighted by atomic mass is 10.1. The van der Waals surface area contributed by atoms with Gasteiger partial charge in [0.15, 0.2) is 0 Å². The predicted octanol–water partition coefficient (Wildman–Crippen LogP) is 4.12. The van der Waals surface area contributed by atoms with Crippen molar-refractivity contribution in [1.82, 2.24) is 9.97 Å². The molecule has 0 aliphatic carbocycles. The summed E-state index contributed by atoms with van der Waals surface area (Å²) in [5.74, 6) is 0. The fourth-order valence-corrected chi connectivity index (χ4v) is 1.77. The Kier molecular flexibility index (Phi) is 4.02. The second-order valence-corrected chi connectivity index (χ2v) is 3.92. The lowest BCUT2D eigenvalue weighted by Gasteiger charge is -2.04. The van der Waals surface area contributed by atoms with Gasteiger partial charge >= 0.3 is 0 Å². The molecule has 0 aliphatic heterocycles. The highest BCUT2D eigenvalue weighted by atomic mass is 14.8. The maximum Gasteiger partial charge on any atom is 0.0886 e. The first-order chi connectivity index (χ1) is 8.85. The van der Waals surface area contributed by atoms with Gasteiger partial charge in [-0.1, -0.05) is 37.8 Å². The van der Waals surface area contributed by atoms with Gasteiger partial charge in [-0.3, -0.25) is 9.97 Å². The first-order valence-corrected chi connectivity index (χ1v) is 6.05. The van der Waals surface area contributed by atoms with Crippen LogP contribution in [0.1, 0.15) is 18.9 Å². The minimum absolute atomic E-state index is 0.888. The van der Waals surface area contributed by atoms with Crippen LogP contribution in [0.25, 0.3) is 17.0 Å². The zero-order valence-electron chi connectivity index (χ0n) is 10.5. The number of aromatic nitrogens is 2. The Morgan fingerprint density at radius 1 is 1.17 bits per heavy atom. The second kappa shape index (κ2) is 5.92. The van der Waals surface area contributed by atoms with Crippen LogP contribution < -0.4 is 0 Å². The molecule has 0 aliphatic rings. The van der Waals surface area contributed by atoms with Crippen molar-refractivity contribution in [3.8, 4) is 11.4 Å². The van der Waals surface area contributed by atoms with Crippen molar-refractivity contribution in [3.05, 3.63) is 67.0 Å². The van der Waals surface area contributed by atoms with Crippen molar-refractivity contribution >= 4 is 5.57 Å². The third-order valence-electron chi connectivity index (χ3n) is 2.67. The van der Waals surface area contributed by atoms with E-state index >= 15 is 0 Å². The zero-order chi connectivity index (χ0) is 12.8. The molecular formula is C16H16N2. The van der Waals surface area contributed by atoms with Crippen LogP contribution in [0.4, 0.5) is 0 Å². The molecule has 0 N–H and O–H groups in total. The molecule has 2 heteroatoms. The van der Waals surface area contributed by atoms with Gasteiger partial charge in [-0.15, -0.1) is 0 Å². The van der Waals surface area contributed by atoms with Crippen LogP contribution in [0.5, 0.6) is 0 Å². The van der Waals surface area contributed by atoms with Gasteiger partial charge in [-0.2, -0.15) is 0 Å². The van der Waals surface area contributed by atoms with Crippen LogP contribution in [0.15, 0.2) is 61.5 Å². The lowest BCUT2D eigenvalue weighted by molar-refractivity contribution is 1.22. The van der Waals surface area contributed by atoms with Gasteiger partial charge < -0.3 is 0 Å². The molecule has 0 aromatic carbocycles. The van der Waals surface area contributed by atoms with Crippen molar-refractivity contribution in [3.63, 3.8) is 0 Å². The number of pyridine rings is 2. The van der Waals surface area contributed by atoms with Crippen LogP contribution in [-0.2, 0) is 0 Å². The fourth-order valence-electron chi connectivity index (χ4n) is 1.77. The Labute approximate surface area is 108 Å². The van der Waals surface area contributed by atoms with Gasteiger partial charge in [0.1, 0.15) is 0 Å². The van der Waals surface area contributed by atoms with E-state index in [4.69, 9.17) is 0 Å². The van der Waals surface area contributed by atoms with E-state index in [1.807, 2.05) is 36.5 Å². The average Bonchev–Trinajstić information content (AvgIpc) is 2.46. The van der Waals surface area contributed by atoms with Gasteiger partial charge in [0.25, 0.3) is 0 Å². The number of nitrogens with zero attached hydrogens (tertiary/aromatic N) is 2. The molecule has 0 atom stereocenters. The molecule has 0 amide bonds. The molecule has 90 valence electrons. The third-order valence-corrected chi connectivity index (χ3v) is 2.67. The summed E-state index contributed by atoms with van der Waals surface area (Å²) in [5, 5.41) is 0.